The maximum Gasteiger partial charge on any atom is 0.182 e. The van der Waals surface area contributed by atoms with Crippen LogP contribution in [-0.4, -0.2) is 17.0 Å². The Morgan fingerprint density at radius 3 is 2.90 bits per heavy atom. The van der Waals surface area contributed by atoms with Gasteiger partial charge in [-0.25, -0.2) is 9.97 Å². The molecule has 0 bridgehead atoms. The van der Waals surface area contributed by atoms with E-state index in [0.29, 0.717) is 5.82 Å². The van der Waals surface area contributed by atoms with Gasteiger partial charge in [0.15, 0.2) is 6.19 Å². The third-order valence-electron chi connectivity index (χ3n) is 2.95. The number of aryl methyl sites for hydroxylation is 1. The molecule has 1 heterocycles. The van der Waals surface area contributed by atoms with E-state index in [-0.39, 0.29) is 0 Å². The van der Waals surface area contributed by atoms with Crippen LogP contribution in [0.3, 0.4) is 0 Å². The van der Waals surface area contributed by atoms with Crippen molar-refractivity contribution in [2.45, 2.75) is 13.5 Å². The first-order valence-electron chi connectivity index (χ1n) is 6.03. The fourth-order valence-electron chi connectivity index (χ4n) is 1.83. The molecular formula is C14H14BrN5. The molecule has 0 spiro atoms. The molecule has 5 nitrogen and oxygen atoms in total. The SMILES string of the molecule is Cc1ccc(Br)cc1CN(C)c1cc(NC#N)ncn1. The summed E-state index contributed by atoms with van der Waals surface area (Å²) in [5.41, 5.74) is 2.44. The lowest BCUT2D eigenvalue weighted by molar-refractivity contribution is 0.884. The fraction of sp³-hybridized carbons (Fsp3) is 0.214. The van der Waals surface area contributed by atoms with Crippen LogP contribution >= 0.6 is 15.9 Å². The van der Waals surface area contributed by atoms with Crippen LogP contribution in [0.15, 0.2) is 35.1 Å². The summed E-state index contributed by atoms with van der Waals surface area (Å²) in [6.07, 6.45) is 3.30. The zero-order chi connectivity index (χ0) is 14.5. The molecule has 0 aliphatic heterocycles. The number of rotatable bonds is 4. The minimum Gasteiger partial charge on any atom is -0.355 e. The van der Waals surface area contributed by atoms with Crippen molar-refractivity contribution in [2.24, 2.45) is 0 Å². The van der Waals surface area contributed by atoms with Gasteiger partial charge in [0.25, 0.3) is 0 Å². The smallest absolute Gasteiger partial charge is 0.182 e. The second-order valence-electron chi connectivity index (χ2n) is 4.43. The quantitative estimate of drug-likeness (QED) is 0.688. The first kappa shape index (κ1) is 14.3. The molecule has 102 valence electrons. The monoisotopic (exact) mass is 331 g/mol. The van der Waals surface area contributed by atoms with E-state index < -0.39 is 0 Å². The van der Waals surface area contributed by atoms with Crippen molar-refractivity contribution >= 4 is 27.6 Å². The van der Waals surface area contributed by atoms with E-state index in [1.54, 1.807) is 6.07 Å². The van der Waals surface area contributed by atoms with E-state index >= 15 is 0 Å². The third-order valence-corrected chi connectivity index (χ3v) is 3.44. The summed E-state index contributed by atoms with van der Waals surface area (Å²) in [5.74, 6) is 1.26. The van der Waals surface area contributed by atoms with Gasteiger partial charge in [-0.2, -0.15) is 5.26 Å². The van der Waals surface area contributed by atoms with Gasteiger partial charge in [-0.3, -0.25) is 5.32 Å². The summed E-state index contributed by atoms with van der Waals surface area (Å²) in [4.78, 5) is 10.2. The normalized spacial score (nSPS) is 9.90. The molecule has 2 aromatic rings. The van der Waals surface area contributed by atoms with Crippen molar-refractivity contribution in [1.29, 1.82) is 5.26 Å². The number of nitrogens with zero attached hydrogens (tertiary/aromatic N) is 4. The van der Waals surface area contributed by atoms with Gasteiger partial charge in [-0.05, 0) is 30.2 Å². The molecular weight excluding hydrogens is 318 g/mol. The van der Waals surface area contributed by atoms with E-state index in [2.05, 4.69) is 50.3 Å². The minimum absolute atomic E-state index is 0.496. The van der Waals surface area contributed by atoms with Crippen LogP contribution in [0.25, 0.3) is 0 Å². The van der Waals surface area contributed by atoms with Crippen molar-refractivity contribution in [3.63, 3.8) is 0 Å². The molecule has 0 aliphatic carbocycles. The number of anilines is 2. The van der Waals surface area contributed by atoms with Crippen molar-refractivity contribution in [2.75, 3.05) is 17.3 Å². The van der Waals surface area contributed by atoms with Gasteiger partial charge >= 0.3 is 0 Å². The molecule has 20 heavy (non-hydrogen) atoms. The number of aromatic nitrogens is 2. The van der Waals surface area contributed by atoms with Crippen molar-refractivity contribution in [3.05, 3.63) is 46.2 Å². The lowest BCUT2D eigenvalue weighted by Crippen LogP contribution is -2.18. The van der Waals surface area contributed by atoms with Gasteiger partial charge in [0.2, 0.25) is 0 Å². The Balaban J connectivity index is 2.19. The topological polar surface area (TPSA) is 64.8 Å². The van der Waals surface area contributed by atoms with Gasteiger partial charge in [-0.15, -0.1) is 0 Å². The summed E-state index contributed by atoms with van der Waals surface area (Å²) in [6, 6.07) is 7.95. The highest BCUT2D eigenvalue weighted by molar-refractivity contribution is 9.10. The van der Waals surface area contributed by atoms with Crippen molar-refractivity contribution < 1.29 is 0 Å². The molecule has 1 N–H and O–H groups in total. The van der Waals surface area contributed by atoms with Crippen molar-refractivity contribution in [1.82, 2.24) is 9.97 Å². The zero-order valence-corrected chi connectivity index (χ0v) is 12.8. The molecule has 1 aromatic heterocycles. The summed E-state index contributed by atoms with van der Waals surface area (Å²) >= 11 is 3.48. The average Bonchev–Trinajstić information content (AvgIpc) is 2.43. The molecule has 0 saturated heterocycles. The van der Waals surface area contributed by atoms with Crippen LogP contribution < -0.4 is 10.2 Å². The van der Waals surface area contributed by atoms with E-state index in [4.69, 9.17) is 5.26 Å². The van der Waals surface area contributed by atoms with Gasteiger partial charge < -0.3 is 4.90 Å². The lowest BCUT2D eigenvalue weighted by atomic mass is 10.1. The van der Waals surface area contributed by atoms with Crippen molar-refractivity contribution in [3.8, 4) is 6.19 Å². The maximum absolute atomic E-state index is 8.61. The fourth-order valence-corrected chi connectivity index (χ4v) is 2.24. The van der Waals surface area contributed by atoms with Gasteiger partial charge in [0.05, 0.1) is 0 Å². The highest BCUT2D eigenvalue weighted by Crippen LogP contribution is 2.20. The molecule has 0 atom stereocenters. The highest BCUT2D eigenvalue weighted by Gasteiger charge is 2.07. The maximum atomic E-state index is 8.61. The Bertz CT molecular complexity index is 650. The van der Waals surface area contributed by atoms with Gasteiger partial charge in [0, 0.05) is 24.1 Å². The van der Waals surface area contributed by atoms with Crippen LogP contribution in [0.4, 0.5) is 11.6 Å². The predicted octanol–water partition coefficient (Wildman–Crippen LogP) is 3.08. The Kier molecular flexibility index (Phi) is 4.53. The number of hydrogen-bond donors (Lipinski definition) is 1. The Morgan fingerprint density at radius 2 is 2.15 bits per heavy atom. The van der Waals surface area contributed by atoms with Gasteiger partial charge in [-0.1, -0.05) is 22.0 Å². The standard InChI is InChI=1S/C14H14BrN5/c1-10-3-4-12(15)5-11(10)7-20(2)14-6-13(17-8-16)18-9-19-14/h3-6,9H,7H2,1-2H3,(H,17,18,19). The summed E-state index contributed by atoms with van der Waals surface area (Å²) < 4.78 is 1.06. The summed E-state index contributed by atoms with van der Waals surface area (Å²) in [5, 5.41) is 11.1. The average molecular weight is 332 g/mol. The van der Waals surface area contributed by atoms with E-state index in [9.17, 15) is 0 Å². The summed E-state index contributed by atoms with van der Waals surface area (Å²) in [6.45, 7) is 2.81. The van der Waals surface area contributed by atoms with Crippen LogP contribution in [0.2, 0.25) is 0 Å². The molecule has 6 heteroatoms. The van der Waals surface area contributed by atoms with Crippen LogP contribution in [-0.2, 0) is 6.54 Å². The summed E-state index contributed by atoms with van der Waals surface area (Å²) in [7, 11) is 1.96. The molecule has 0 radical (unpaired) electrons. The van der Waals surface area contributed by atoms with E-state index in [1.807, 2.05) is 24.2 Å². The molecule has 0 saturated carbocycles. The number of benzene rings is 1. The third kappa shape index (κ3) is 3.45. The van der Waals surface area contributed by atoms with Crippen LogP contribution in [0, 0.1) is 18.4 Å². The molecule has 0 amide bonds. The number of halogens is 1. The van der Waals surface area contributed by atoms with Gasteiger partial charge in [0.1, 0.15) is 18.0 Å². The Labute approximate surface area is 126 Å². The highest BCUT2D eigenvalue weighted by atomic mass is 79.9. The predicted molar refractivity (Wildman–Crippen MR) is 82.3 cm³/mol. The largest absolute Gasteiger partial charge is 0.355 e. The molecule has 0 unspecified atom stereocenters. The first-order valence-corrected chi connectivity index (χ1v) is 6.83. The van der Waals surface area contributed by atoms with E-state index in [1.165, 1.54) is 17.5 Å². The van der Waals surface area contributed by atoms with E-state index in [0.717, 1.165) is 16.8 Å². The Morgan fingerprint density at radius 1 is 1.35 bits per heavy atom. The number of nitrogens with one attached hydrogen (secondary N) is 1. The number of nitriles is 1. The molecule has 1 aromatic carbocycles. The Hall–Kier alpha value is -2.13. The first-order chi connectivity index (χ1) is 9.60. The molecule has 0 fully saturated rings. The number of hydrogen-bond acceptors (Lipinski definition) is 5. The minimum atomic E-state index is 0.496. The molecule has 0 aliphatic rings. The van der Waals surface area contributed by atoms with Crippen LogP contribution in [0.5, 0.6) is 0 Å². The lowest BCUT2D eigenvalue weighted by Gasteiger charge is -2.19. The zero-order valence-electron chi connectivity index (χ0n) is 11.3. The van der Waals surface area contributed by atoms with Crippen LogP contribution in [0.1, 0.15) is 11.1 Å². The second kappa shape index (κ2) is 6.35. The molecule has 2 rings (SSSR count). The second-order valence-corrected chi connectivity index (χ2v) is 5.34.